The zero-order valence-electron chi connectivity index (χ0n) is 12.7. The predicted molar refractivity (Wildman–Crippen MR) is 78.6 cm³/mol. The molecule has 128 valence electrons. The average Bonchev–Trinajstić information content (AvgIpc) is 3.02. The molecule has 24 heavy (non-hydrogen) atoms. The van der Waals surface area contributed by atoms with Gasteiger partial charge in [0.1, 0.15) is 6.54 Å². The smallest absolute Gasteiger partial charge is 0.336 e. The summed E-state index contributed by atoms with van der Waals surface area (Å²) in [6.45, 7) is 3.18. The minimum Gasteiger partial charge on any atom is -0.336 e. The number of carbonyl (C=O) groups is 5. The molecule has 0 radical (unpaired) electrons. The summed E-state index contributed by atoms with van der Waals surface area (Å²) in [5.74, 6) is -2.08. The van der Waals surface area contributed by atoms with Gasteiger partial charge in [-0.25, -0.2) is 9.59 Å². The Labute approximate surface area is 137 Å². The molecule has 0 unspecified atom stereocenters. The van der Waals surface area contributed by atoms with Crippen LogP contribution in [0.3, 0.4) is 0 Å². The number of nitrogens with zero attached hydrogens (tertiary/aromatic N) is 2. The summed E-state index contributed by atoms with van der Waals surface area (Å²) in [5.41, 5.74) is 0.381. The number of hydrogen-bond acceptors (Lipinski definition) is 6. The van der Waals surface area contributed by atoms with E-state index in [0.29, 0.717) is 12.1 Å². The first-order valence-electron chi connectivity index (χ1n) is 7.15. The van der Waals surface area contributed by atoms with E-state index < -0.39 is 30.4 Å². The summed E-state index contributed by atoms with van der Waals surface area (Å²) >= 11 is 0. The molecule has 10 nitrogen and oxygen atoms in total. The van der Waals surface area contributed by atoms with Gasteiger partial charge in [-0.15, -0.1) is 5.06 Å². The quantitative estimate of drug-likeness (QED) is 0.587. The van der Waals surface area contributed by atoms with E-state index >= 15 is 0 Å². The number of hydroxylamine groups is 2. The largest absolute Gasteiger partial charge is 0.352 e. The number of carbonyl (C=O) groups excluding carboxylic acids is 5. The van der Waals surface area contributed by atoms with Gasteiger partial charge in [0.2, 0.25) is 0 Å². The molecule has 2 aliphatic heterocycles. The van der Waals surface area contributed by atoms with Crippen LogP contribution in [0.2, 0.25) is 0 Å². The highest BCUT2D eigenvalue weighted by Gasteiger charge is 2.28. The molecular formula is C14H16N4O6. The summed E-state index contributed by atoms with van der Waals surface area (Å²) < 4.78 is 0. The van der Waals surface area contributed by atoms with Crippen LogP contribution >= 0.6 is 0 Å². The second kappa shape index (κ2) is 7.40. The Morgan fingerprint density at radius 1 is 1.12 bits per heavy atom. The number of imide groups is 1. The highest BCUT2D eigenvalue weighted by Crippen LogP contribution is 2.20. The van der Waals surface area contributed by atoms with Gasteiger partial charge in [-0.05, 0) is 6.42 Å². The molecule has 10 heteroatoms. The average molecular weight is 336 g/mol. The molecule has 0 aromatic heterocycles. The van der Waals surface area contributed by atoms with Gasteiger partial charge in [-0.2, -0.15) is 0 Å². The lowest BCUT2D eigenvalue weighted by molar-refractivity contribution is -0.185. The summed E-state index contributed by atoms with van der Waals surface area (Å²) in [6, 6.07) is -0.675. The van der Waals surface area contributed by atoms with E-state index in [1.165, 1.54) is 0 Å². The molecule has 0 saturated carbocycles. The Kier molecular flexibility index (Phi) is 5.30. The molecule has 0 aliphatic carbocycles. The lowest BCUT2D eigenvalue weighted by Crippen LogP contribution is -2.44. The maximum Gasteiger partial charge on any atom is 0.352 e. The molecule has 2 heterocycles. The van der Waals surface area contributed by atoms with Crippen molar-refractivity contribution in [2.75, 3.05) is 19.6 Å². The van der Waals surface area contributed by atoms with Crippen LogP contribution in [-0.2, 0) is 24.0 Å². The fourth-order valence-electron chi connectivity index (χ4n) is 2.03. The van der Waals surface area contributed by atoms with Crippen LogP contribution in [0.5, 0.6) is 0 Å². The Morgan fingerprint density at radius 3 is 2.38 bits per heavy atom. The van der Waals surface area contributed by atoms with E-state index in [1.807, 2.05) is 0 Å². The number of nitrogens with one attached hydrogen (secondary N) is 2. The van der Waals surface area contributed by atoms with Crippen LogP contribution in [0.4, 0.5) is 4.79 Å². The van der Waals surface area contributed by atoms with Crippen molar-refractivity contribution < 1.29 is 28.8 Å². The van der Waals surface area contributed by atoms with Gasteiger partial charge >= 0.3 is 12.0 Å². The number of hydrogen-bond donors (Lipinski definition) is 2. The van der Waals surface area contributed by atoms with E-state index in [1.54, 1.807) is 0 Å². The number of amides is 5. The van der Waals surface area contributed by atoms with Crippen molar-refractivity contribution in [1.82, 2.24) is 20.6 Å². The predicted octanol–water partition coefficient (Wildman–Crippen LogP) is -1.20. The molecule has 0 bridgehead atoms. The van der Waals surface area contributed by atoms with Crippen LogP contribution in [-0.4, -0.2) is 59.3 Å². The highest BCUT2D eigenvalue weighted by molar-refractivity contribution is 6.12. The Morgan fingerprint density at radius 2 is 1.79 bits per heavy atom. The van der Waals surface area contributed by atoms with Crippen LogP contribution < -0.4 is 10.6 Å². The zero-order valence-corrected chi connectivity index (χ0v) is 12.7. The standard InChI is InChI=1S/C14H16N4O6/c1-9-2-3-12(21)18(9)24-13(22)8-16-14(23)15-6-7-17-10(19)4-5-11(17)20/h4-5H,1-3,6-8H2,(H2,15,16,23). The molecule has 0 atom stereocenters. The highest BCUT2D eigenvalue weighted by atomic mass is 16.7. The van der Waals surface area contributed by atoms with Gasteiger partial charge in [0.25, 0.3) is 17.7 Å². The minimum atomic E-state index is -0.823. The third-order valence-corrected chi connectivity index (χ3v) is 3.25. The molecule has 0 aromatic carbocycles. The van der Waals surface area contributed by atoms with Crippen molar-refractivity contribution in [3.63, 3.8) is 0 Å². The second-order valence-corrected chi connectivity index (χ2v) is 4.99. The topological polar surface area (TPSA) is 125 Å². The van der Waals surface area contributed by atoms with Crippen LogP contribution in [0.15, 0.2) is 24.4 Å². The first kappa shape index (κ1) is 17.2. The number of urea groups is 1. The van der Waals surface area contributed by atoms with Gasteiger partial charge in [0.15, 0.2) is 0 Å². The summed E-state index contributed by atoms with van der Waals surface area (Å²) in [7, 11) is 0. The molecule has 2 aliphatic rings. The molecule has 0 aromatic rings. The molecular weight excluding hydrogens is 320 g/mol. The minimum absolute atomic E-state index is 0.0185. The van der Waals surface area contributed by atoms with Crippen molar-refractivity contribution in [1.29, 1.82) is 0 Å². The van der Waals surface area contributed by atoms with Crippen molar-refractivity contribution >= 4 is 29.7 Å². The van der Waals surface area contributed by atoms with Crippen LogP contribution in [0, 0.1) is 0 Å². The van der Waals surface area contributed by atoms with Gasteiger partial charge in [-0.3, -0.25) is 19.3 Å². The van der Waals surface area contributed by atoms with E-state index in [4.69, 9.17) is 4.84 Å². The second-order valence-electron chi connectivity index (χ2n) is 4.99. The maximum atomic E-state index is 11.6. The fourth-order valence-corrected chi connectivity index (χ4v) is 2.03. The van der Waals surface area contributed by atoms with Crippen molar-refractivity contribution in [2.45, 2.75) is 12.8 Å². The van der Waals surface area contributed by atoms with Gasteiger partial charge in [0, 0.05) is 31.7 Å². The Balaban J connectivity index is 1.63. The third-order valence-electron chi connectivity index (χ3n) is 3.25. The normalized spacial score (nSPS) is 16.8. The molecule has 1 fully saturated rings. The van der Waals surface area contributed by atoms with E-state index in [9.17, 15) is 24.0 Å². The van der Waals surface area contributed by atoms with Crippen LogP contribution in [0.25, 0.3) is 0 Å². The molecule has 1 saturated heterocycles. The summed E-state index contributed by atoms with van der Waals surface area (Å²) in [5, 5.41) is 5.44. The SMILES string of the molecule is C=C1CCC(=O)N1OC(=O)CNC(=O)NCCN1C(=O)C=CC1=O. The van der Waals surface area contributed by atoms with Crippen molar-refractivity contribution in [3.8, 4) is 0 Å². The fraction of sp³-hybridized carbons (Fsp3) is 0.357. The van der Waals surface area contributed by atoms with E-state index in [-0.39, 0.29) is 25.4 Å². The zero-order chi connectivity index (χ0) is 17.7. The van der Waals surface area contributed by atoms with Crippen molar-refractivity contribution in [2.24, 2.45) is 0 Å². The first-order chi connectivity index (χ1) is 11.4. The first-order valence-corrected chi connectivity index (χ1v) is 7.15. The van der Waals surface area contributed by atoms with Crippen LogP contribution in [0.1, 0.15) is 12.8 Å². The Hall–Kier alpha value is -3.17. The summed E-state index contributed by atoms with van der Waals surface area (Å²) in [6.07, 6.45) is 2.93. The molecule has 0 spiro atoms. The lowest BCUT2D eigenvalue weighted by atomic mass is 10.3. The van der Waals surface area contributed by atoms with E-state index in [0.717, 1.165) is 22.1 Å². The number of allylic oxidation sites excluding steroid dienone is 1. The maximum absolute atomic E-state index is 11.6. The lowest BCUT2D eigenvalue weighted by Gasteiger charge is -2.16. The van der Waals surface area contributed by atoms with E-state index in [2.05, 4.69) is 17.2 Å². The molecule has 2 N–H and O–H groups in total. The van der Waals surface area contributed by atoms with Crippen molar-refractivity contribution in [3.05, 3.63) is 24.4 Å². The Bertz CT molecular complexity index is 607. The van der Waals surface area contributed by atoms with Gasteiger partial charge < -0.3 is 15.5 Å². The summed E-state index contributed by atoms with van der Waals surface area (Å²) in [4.78, 5) is 62.8. The van der Waals surface area contributed by atoms with Gasteiger partial charge in [0.05, 0.1) is 5.70 Å². The molecule has 2 rings (SSSR count). The number of rotatable bonds is 6. The monoisotopic (exact) mass is 336 g/mol. The third kappa shape index (κ3) is 4.18. The van der Waals surface area contributed by atoms with Gasteiger partial charge in [-0.1, -0.05) is 6.58 Å². The molecule has 5 amide bonds.